The summed E-state index contributed by atoms with van der Waals surface area (Å²) >= 11 is 5.62. The number of aromatic nitrogens is 1. The molecule has 0 N–H and O–H groups in total. The number of anilines is 1. The Bertz CT molecular complexity index is 736. The minimum Gasteiger partial charge on any atom is -0.265 e. The predicted molar refractivity (Wildman–Crippen MR) is 71.2 cm³/mol. The third kappa shape index (κ3) is 2.73. The summed E-state index contributed by atoms with van der Waals surface area (Å²) < 4.78 is 51.8. The first-order chi connectivity index (χ1) is 9.32. The second-order valence-electron chi connectivity index (χ2n) is 3.88. The van der Waals surface area contributed by atoms with Gasteiger partial charge < -0.3 is 0 Å². The van der Waals surface area contributed by atoms with Gasteiger partial charge in [-0.25, -0.2) is 13.8 Å². The van der Waals surface area contributed by atoms with Crippen molar-refractivity contribution < 1.29 is 17.2 Å². The molecule has 0 spiro atoms. The van der Waals surface area contributed by atoms with Crippen LogP contribution in [0.5, 0.6) is 0 Å². The van der Waals surface area contributed by atoms with Crippen LogP contribution in [0.4, 0.5) is 14.5 Å². The number of pyridine rings is 1. The largest absolute Gasteiger partial charge is 0.281 e. The highest BCUT2D eigenvalue weighted by Crippen LogP contribution is 2.25. The fourth-order valence-corrected chi connectivity index (χ4v) is 2.73. The summed E-state index contributed by atoms with van der Waals surface area (Å²) in [6.07, 6.45) is 1.16. The van der Waals surface area contributed by atoms with E-state index in [4.69, 9.17) is 11.6 Å². The molecular formula is C12H9ClF2N2O2S. The molecule has 1 heterocycles. The van der Waals surface area contributed by atoms with E-state index < -0.39 is 27.3 Å². The lowest BCUT2D eigenvalue weighted by molar-refractivity contribution is 0.582. The van der Waals surface area contributed by atoms with Gasteiger partial charge in [-0.1, -0.05) is 11.6 Å². The summed E-state index contributed by atoms with van der Waals surface area (Å²) in [6, 6.07) is 5.08. The van der Waals surface area contributed by atoms with Crippen molar-refractivity contribution in [2.24, 2.45) is 0 Å². The van der Waals surface area contributed by atoms with Crippen molar-refractivity contribution in [2.45, 2.75) is 5.03 Å². The number of sulfonamides is 1. The molecule has 4 nitrogen and oxygen atoms in total. The van der Waals surface area contributed by atoms with Gasteiger partial charge >= 0.3 is 0 Å². The van der Waals surface area contributed by atoms with E-state index in [9.17, 15) is 17.2 Å². The summed E-state index contributed by atoms with van der Waals surface area (Å²) in [4.78, 5) is 3.67. The molecule has 0 aliphatic heterocycles. The number of rotatable bonds is 3. The molecule has 106 valence electrons. The highest BCUT2D eigenvalue weighted by molar-refractivity contribution is 7.92. The van der Waals surface area contributed by atoms with Gasteiger partial charge in [0.25, 0.3) is 10.0 Å². The van der Waals surface area contributed by atoms with Crippen LogP contribution < -0.4 is 4.31 Å². The van der Waals surface area contributed by atoms with Crippen LogP contribution >= 0.6 is 11.6 Å². The van der Waals surface area contributed by atoms with Gasteiger partial charge in [-0.05, 0) is 24.3 Å². The average molecular weight is 319 g/mol. The van der Waals surface area contributed by atoms with Crippen molar-refractivity contribution in [3.05, 3.63) is 53.2 Å². The Morgan fingerprint density at radius 1 is 1.20 bits per heavy atom. The predicted octanol–water partition coefficient (Wildman–Crippen LogP) is 2.84. The van der Waals surface area contributed by atoms with Crippen molar-refractivity contribution >= 4 is 27.3 Å². The first kappa shape index (κ1) is 14.7. The van der Waals surface area contributed by atoms with Crippen molar-refractivity contribution in [3.63, 3.8) is 0 Å². The lowest BCUT2D eigenvalue weighted by atomic mass is 10.3. The van der Waals surface area contributed by atoms with E-state index in [2.05, 4.69) is 4.98 Å². The SMILES string of the molecule is CN(c1cc(F)ccc1F)S(=O)(=O)c1ccc(Cl)cn1. The quantitative estimate of drug-likeness (QED) is 0.874. The van der Waals surface area contributed by atoms with Gasteiger partial charge in [0.05, 0.1) is 10.7 Å². The smallest absolute Gasteiger partial charge is 0.265 e. The van der Waals surface area contributed by atoms with Crippen LogP contribution in [0.1, 0.15) is 0 Å². The van der Waals surface area contributed by atoms with Crippen molar-refractivity contribution in [1.29, 1.82) is 0 Å². The first-order valence-electron chi connectivity index (χ1n) is 5.38. The molecule has 0 aliphatic carbocycles. The van der Waals surface area contributed by atoms with Gasteiger partial charge in [0.15, 0.2) is 5.03 Å². The van der Waals surface area contributed by atoms with Gasteiger partial charge in [-0.15, -0.1) is 0 Å². The molecule has 1 aromatic heterocycles. The van der Waals surface area contributed by atoms with E-state index in [1.54, 1.807) is 0 Å². The summed E-state index contributed by atoms with van der Waals surface area (Å²) in [5.74, 6) is -1.60. The fraction of sp³-hybridized carbons (Fsp3) is 0.0833. The fourth-order valence-electron chi connectivity index (χ4n) is 1.51. The topological polar surface area (TPSA) is 50.3 Å². The molecular weight excluding hydrogens is 310 g/mol. The average Bonchev–Trinajstić information content (AvgIpc) is 2.41. The zero-order chi connectivity index (χ0) is 14.9. The van der Waals surface area contributed by atoms with Crippen LogP contribution in [0.2, 0.25) is 5.02 Å². The van der Waals surface area contributed by atoms with Gasteiger partial charge in [-0.3, -0.25) is 4.31 Å². The highest BCUT2D eigenvalue weighted by Gasteiger charge is 2.25. The van der Waals surface area contributed by atoms with E-state index >= 15 is 0 Å². The Labute approximate surface area is 119 Å². The van der Waals surface area contributed by atoms with Gasteiger partial charge in [0, 0.05) is 19.3 Å². The molecule has 0 atom stereocenters. The second-order valence-corrected chi connectivity index (χ2v) is 6.24. The number of hydrogen-bond acceptors (Lipinski definition) is 3. The molecule has 0 saturated carbocycles. The maximum absolute atomic E-state index is 13.6. The molecule has 0 fully saturated rings. The molecule has 0 amide bonds. The Morgan fingerprint density at radius 2 is 1.90 bits per heavy atom. The molecule has 0 radical (unpaired) electrons. The van der Waals surface area contributed by atoms with Gasteiger partial charge in [-0.2, -0.15) is 8.42 Å². The molecule has 2 aromatic rings. The summed E-state index contributed by atoms with van der Waals surface area (Å²) in [7, 11) is -2.98. The first-order valence-corrected chi connectivity index (χ1v) is 7.20. The minimum atomic E-state index is -4.09. The Hall–Kier alpha value is -1.73. The number of benzene rings is 1. The van der Waals surface area contributed by atoms with Crippen molar-refractivity contribution in [2.75, 3.05) is 11.4 Å². The Kier molecular flexibility index (Phi) is 3.92. The number of halogens is 3. The van der Waals surface area contributed by atoms with E-state index in [0.717, 1.165) is 31.4 Å². The standard InChI is InChI=1S/C12H9ClF2N2O2S/c1-17(11-6-9(14)3-4-10(11)15)20(18,19)12-5-2-8(13)7-16-12/h2-7H,1H3. The minimum absolute atomic E-state index is 0.267. The van der Waals surface area contributed by atoms with Gasteiger partial charge in [0.1, 0.15) is 11.6 Å². The molecule has 8 heteroatoms. The normalized spacial score (nSPS) is 11.4. The lowest BCUT2D eigenvalue weighted by Gasteiger charge is -2.19. The van der Waals surface area contributed by atoms with Crippen LogP contribution in [0, 0.1) is 11.6 Å². The molecule has 0 bridgehead atoms. The maximum atomic E-state index is 13.6. The van der Waals surface area contributed by atoms with Crippen molar-refractivity contribution in [3.8, 4) is 0 Å². The van der Waals surface area contributed by atoms with Crippen LogP contribution in [-0.4, -0.2) is 20.4 Å². The molecule has 2 rings (SSSR count). The van der Waals surface area contributed by atoms with E-state index in [-0.39, 0.29) is 10.0 Å². The third-order valence-electron chi connectivity index (χ3n) is 2.57. The van der Waals surface area contributed by atoms with E-state index in [0.29, 0.717) is 4.31 Å². The zero-order valence-electron chi connectivity index (χ0n) is 10.2. The van der Waals surface area contributed by atoms with Gasteiger partial charge in [0.2, 0.25) is 0 Å². The van der Waals surface area contributed by atoms with Crippen LogP contribution in [0.3, 0.4) is 0 Å². The third-order valence-corrected chi connectivity index (χ3v) is 4.48. The maximum Gasteiger partial charge on any atom is 0.281 e. The summed E-state index contributed by atoms with van der Waals surface area (Å²) in [5, 5.41) is -0.0448. The molecule has 1 aromatic carbocycles. The summed E-state index contributed by atoms with van der Waals surface area (Å²) in [6.45, 7) is 0. The molecule has 20 heavy (non-hydrogen) atoms. The van der Waals surface area contributed by atoms with Crippen LogP contribution in [0.25, 0.3) is 0 Å². The molecule has 0 unspecified atom stereocenters. The zero-order valence-corrected chi connectivity index (χ0v) is 11.8. The number of nitrogens with zero attached hydrogens (tertiary/aromatic N) is 2. The monoisotopic (exact) mass is 318 g/mol. The van der Waals surface area contributed by atoms with E-state index in [1.807, 2.05) is 0 Å². The Balaban J connectivity index is 2.48. The Morgan fingerprint density at radius 3 is 2.50 bits per heavy atom. The second kappa shape index (κ2) is 5.34. The number of hydrogen-bond donors (Lipinski definition) is 0. The van der Waals surface area contributed by atoms with E-state index in [1.165, 1.54) is 12.1 Å². The van der Waals surface area contributed by atoms with Crippen LogP contribution in [0.15, 0.2) is 41.6 Å². The summed E-state index contributed by atoms with van der Waals surface area (Å²) in [5.41, 5.74) is -0.401. The lowest BCUT2D eigenvalue weighted by Crippen LogP contribution is -2.28. The van der Waals surface area contributed by atoms with Crippen LogP contribution in [-0.2, 0) is 10.0 Å². The molecule has 0 aliphatic rings. The molecule has 0 saturated heterocycles. The van der Waals surface area contributed by atoms with Crippen molar-refractivity contribution in [1.82, 2.24) is 4.98 Å². The highest BCUT2D eigenvalue weighted by atomic mass is 35.5.